The van der Waals surface area contributed by atoms with Gasteiger partial charge in [-0.2, -0.15) is 26.3 Å². The minimum Gasteiger partial charge on any atom is -0.437 e. The van der Waals surface area contributed by atoms with Crippen molar-refractivity contribution >= 4 is 66.0 Å². The molecule has 0 saturated carbocycles. The van der Waals surface area contributed by atoms with Crippen LogP contribution >= 0.6 is 0 Å². The Labute approximate surface area is 323 Å². The van der Waals surface area contributed by atoms with Crippen LogP contribution in [0, 0.1) is 0 Å². The van der Waals surface area contributed by atoms with E-state index in [4.69, 9.17) is 16.8 Å². The van der Waals surface area contributed by atoms with E-state index >= 15 is 0 Å². The van der Waals surface area contributed by atoms with E-state index in [2.05, 4.69) is 13.1 Å². The molecule has 19 heteroatoms. The van der Waals surface area contributed by atoms with Gasteiger partial charge in [0.2, 0.25) is 11.8 Å². The van der Waals surface area contributed by atoms with Crippen molar-refractivity contribution < 1.29 is 52.7 Å². The molecule has 0 saturated heterocycles. The van der Waals surface area contributed by atoms with Crippen molar-refractivity contribution in [2.75, 3.05) is 28.7 Å². The van der Waals surface area contributed by atoms with Gasteiger partial charge in [-0.1, -0.05) is 75.3 Å². The Kier molecular flexibility index (Phi) is 18.1. The molecule has 0 bridgehead atoms. The first-order valence-electron chi connectivity index (χ1n) is 18.3. The monoisotopic (exact) mass is 856 g/mol. The molecule has 0 aliphatic rings. The zero-order valence-electron chi connectivity index (χ0n) is 33.0. The molecule has 8 nitrogen and oxygen atoms in total. The number of unbranched alkanes of at least 4 members (excludes halogenated alkanes) is 2. The highest BCUT2D eigenvalue weighted by Gasteiger charge is 2.42. The van der Waals surface area contributed by atoms with Gasteiger partial charge < -0.3 is 26.6 Å². The van der Waals surface area contributed by atoms with E-state index in [-0.39, 0.29) is 6.17 Å². The van der Waals surface area contributed by atoms with Crippen LogP contribution in [0.5, 0.6) is 0 Å². The molecule has 2 aromatic rings. The molecule has 0 aliphatic heterocycles. The summed E-state index contributed by atoms with van der Waals surface area (Å²) >= 11 is 0. The van der Waals surface area contributed by atoms with Gasteiger partial charge in [0, 0.05) is 30.3 Å². The number of halogens is 6. The number of carbonyl (C=O) groups is 2. The first-order valence-corrected chi connectivity index (χ1v) is 32.3. The Balaban J connectivity index is 1.91. The Morgan fingerprint density at radius 1 is 0.685 bits per heavy atom. The molecule has 54 heavy (non-hydrogen) atoms. The third-order valence-corrected chi connectivity index (χ3v) is 25.7. The Bertz CT molecular complexity index is 1460. The summed E-state index contributed by atoms with van der Waals surface area (Å²) in [4.78, 5) is 27.9. The fourth-order valence-electron chi connectivity index (χ4n) is 6.11. The first-order chi connectivity index (χ1) is 24.7. The van der Waals surface area contributed by atoms with E-state index in [9.17, 15) is 35.9 Å². The number of rotatable bonds is 22. The normalized spacial score (nSPS) is 14.7. The standard InChI is InChI=1S/C35H58F6N2O6Si5/c1-10-54(9,46-24-18-13-19-25-51(3,4)28-42(30-20-14-11-15-21-30)32(44)26-34(36,37)38)49-53(7,8)48-50(2)47-52(5,6)29-43(31-22-16-12-17-23-31)33(45)27-35(39,40)41/h11-12,14-17,20-23,50H,10,13,18-19,24-29H2,1-9H3. The van der Waals surface area contributed by atoms with Gasteiger partial charge in [-0.3, -0.25) is 9.59 Å². The number of alkyl halides is 6. The number of carbonyl (C=O) groups excluding carboxylic acids is 2. The van der Waals surface area contributed by atoms with E-state index < -0.39 is 79.8 Å². The maximum atomic E-state index is 13.2. The lowest BCUT2D eigenvalue weighted by Gasteiger charge is -2.38. The Morgan fingerprint density at radius 2 is 1.15 bits per heavy atom. The van der Waals surface area contributed by atoms with E-state index in [1.54, 1.807) is 60.7 Å². The SMILES string of the molecule is CC[Si](C)(OCCCCC[Si](C)(C)CN(C(=O)CC(F)(F)F)c1ccccc1)O[Si](C)(C)O[SiH](C)O[Si](C)(C)CN(C(=O)CC(F)(F)F)c1ccccc1. The number of para-hydroxylation sites is 2. The van der Waals surface area contributed by atoms with Crippen molar-refractivity contribution in [3.05, 3.63) is 60.7 Å². The van der Waals surface area contributed by atoms with E-state index in [1.165, 1.54) is 4.90 Å². The number of benzene rings is 2. The number of anilines is 2. The van der Waals surface area contributed by atoms with Crippen LogP contribution in [0.15, 0.2) is 60.7 Å². The van der Waals surface area contributed by atoms with Gasteiger partial charge in [-0.25, -0.2) is 0 Å². The zero-order valence-corrected chi connectivity index (χ0v) is 38.2. The summed E-state index contributed by atoms with van der Waals surface area (Å²) in [6.07, 6.45) is -9.46. The van der Waals surface area contributed by atoms with E-state index in [0.29, 0.717) is 30.2 Å². The maximum Gasteiger partial charge on any atom is 0.397 e. The molecule has 0 heterocycles. The number of nitrogens with zero attached hydrogens (tertiary/aromatic N) is 2. The van der Waals surface area contributed by atoms with Crippen molar-refractivity contribution in [3.8, 4) is 0 Å². The molecule has 0 N–H and O–H groups in total. The topological polar surface area (TPSA) is 77.5 Å². The molecule has 2 aromatic carbocycles. The number of amides is 2. The summed E-state index contributed by atoms with van der Waals surface area (Å²) < 4.78 is 105. The van der Waals surface area contributed by atoms with Crippen molar-refractivity contribution in [3.63, 3.8) is 0 Å². The largest absolute Gasteiger partial charge is 0.437 e. The van der Waals surface area contributed by atoms with Crippen LogP contribution in [0.4, 0.5) is 37.7 Å². The van der Waals surface area contributed by atoms with Crippen molar-refractivity contribution in [2.24, 2.45) is 0 Å². The van der Waals surface area contributed by atoms with E-state index in [1.807, 2.05) is 46.2 Å². The predicted molar refractivity (Wildman–Crippen MR) is 214 cm³/mol. The summed E-state index contributed by atoms with van der Waals surface area (Å²) in [6.45, 7) is 18.1. The van der Waals surface area contributed by atoms with Crippen molar-refractivity contribution in [2.45, 2.75) is 116 Å². The second kappa shape index (κ2) is 20.3. The van der Waals surface area contributed by atoms with Gasteiger partial charge >= 0.3 is 29.5 Å². The maximum absolute atomic E-state index is 13.2. The van der Waals surface area contributed by atoms with Crippen LogP contribution in [0.3, 0.4) is 0 Å². The van der Waals surface area contributed by atoms with Crippen LogP contribution in [0.25, 0.3) is 0 Å². The lowest BCUT2D eigenvalue weighted by Crippen LogP contribution is -2.55. The average Bonchev–Trinajstić information content (AvgIpc) is 3.02. The molecule has 0 aromatic heterocycles. The molecule has 306 valence electrons. The van der Waals surface area contributed by atoms with Gasteiger partial charge in [-0.15, -0.1) is 0 Å². The Hall–Kier alpha value is -2.12. The lowest BCUT2D eigenvalue weighted by molar-refractivity contribution is -0.153. The smallest absolute Gasteiger partial charge is 0.397 e. The van der Waals surface area contributed by atoms with Gasteiger partial charge in [0.15, 0.2) is 8.32 Å². The highest BCUT2D eigenvalue weighted by molar-refractivity contribution is 6.84. The molecule has 0 aliphatic carbocycles. The summed E-state index contributed by atoms with van der Waals surface area (Å²) in [5.41, 5.74) is 0.850. The van der Waals surface area contributed by atoms with Crippen LogP contribution < -0.4 is 9.80 Å². The molecule has 2 amide bonds. The highest BCUT2D eigenvalue weighted by atomic mass is 28.5. The van der Waals surface area contributed by atoms with Crippen LogP contribution in [-0.4, -0.2) is 85.9 Å². The summed E-state index contributed by atoms with van der Waals surface area (Å²) in [7, 11) is -12.6. The molecule has 2 unspecified atom stereocenters. The highest BCUT2D eigenvalue weighted by Crippen LogP contribution is 2.28. The molecule has 0 spiro atoms. The van der Waals surface area contributed by atoms with Crippen molar-refractivity contribution in [1.82, 2.24) is 0 Å². The van der Waals surface area contributed by atoms with E-state index in [0.717, 1.165) is 30.2 Å². The third-order valence-electron chi connectivity index (χ3n) is 8.51. The van der Waals surface area contributed by atoms with Crippen LogP contribution in [0.2, 0.25) is 64.5 Å². The van der Waals surface area contributed by atoms with Crippen LogP contribution in [-0.2, 0) is 26.4 Å². The second-order valence-corrected chi connectivity index (χ2v) is 34.5. The van der Waals surface area contributed by atoms with Gasteiger partial charge in [0.05, 0.1) is 8.07 Å². The second-order valence-electron chi connectivity index (χ2n) is 15.6. The van der Waals surface area contributed by atoms with Gasteiger partial charge in [-0.05, 0) is 76.0 Å². The van der Waals surface area contributed by atoms with Crippen molar-refractivity contribution in [1.29, 1.82) is 0 Å². The third kappa shape index (κ3) is 18.7. The summed E-state index contributed by atoms with van der Waals surface area (Å²) in [5.74, 6) is -1.98. The average molecular weight is 857 g/mol. The summed E-state index contributed by atoms with van der Waals surface area (Å²) in [6, 6.07) is 18.3. The Morgan fingerprint density at radius 3 is 1.59 bits per heavy atom. The summed E-state index contributed by atoms with van der Waals surface area (Å²) in [5, 5.41) is 0. The first kappa shape index (κ1) is 48.0. The van der Waals surface area contributed by atoms with Gasteiger partial charge in [0.1, 0.15) is 12.8 Å². The minimum atomic E-state index is -4.64. The quantitative estimate of drug-likeness (QED) is 0.0667. The molecule has 0 radical (unpaired) electrons. The molecule has 2 atom stereocenters. The zero-order chi connectivity index (χ0) is 41.0. The fourth-order valence-corrected chi connectivity index (χ4v) is 23.9. The molecule has 0 fully saturated rings. The molecule has 2 rings (SSSR count). The number of hydrogen-bond donors (Lipinski definition) is 0. The number of hydrogen-bond acceptors (Lipinski definition) is 6. The minimum absolute atomic E-state index is 0.0289. The molecular formula is C35H58F6N2O6Si5. The fraction of sp³-hybridized carbons (Fsp3) is 0.600. The lowest BCUT2D eigenvalue weighted by atomic mass is 10.2. The van der Waals surface area contributed by atoms with Crippen LogP contribution in [0.1, 0.15) is 39.0 Å². The molecular weight excluding hydrogens is 799 g/mol. The predicted octanol–water partition coefficient (Wildman–Crippen LogP) is 9.83. The van der Waals surface area contributed by atoms with Gasteiger partial charge in [0.25, 0.3) is 9.28 Å².